The van der Waals surface area contributed by atoms with E-state index in [1.165, 1.54) is 25.3 Å². The third kappa shape index (κ3) is 4.47. The molecule has 2 N–H and O–H groups in total. The summed E-state index contributed by atoms with van der Waals surface area (Å²) < 4.78 is 29.6. The van der Waals surface area contributed by atoms with E-state index in [9.17, 15) is 9.18 Å². The number of rotatable bonds is 3. The second kappa shape index (κ2) is 7.55. The van der Waals surface area contributed by atoms with Crippen LogP contribution in [0.15, 0.2) is 18.2 Å². The van der Waals surface area contributed by atoms with Crippen molar-refractivity contribution in [3.63, 3.8) is 0 Å². The van der Waals surface area contributed by atoms with Crippen LogP contribution in [0.2, 0.25) is 10.0 Å². The molecule has 2 aromatic rings. The minimum atomic E-state index is -1.02. The van der Waals surface area contributed by atoms with Crippen LogP contribution in [0, 0.1) is 5.82 Å². The van der Waals surface area contributed by atoms with Crippen molar-refractivity contribution in [3.8, 4) is 22.9 Å². The van der Waals surface area contributed by atoms with Gasteiger partial charge in [0, 0.05) is 5.56 Å². The Morgan fingerprint density at radius 2 is 1.92 bits per heavy atom. The number of ether oxygens (including phenoxy) is 3. The Balaban J connectivity index is 2.47. The highest BCUT2D eigenvalue weighted by Gasteiger charge is 2.23. The summed E-state index contributed by atoms with van der Waals surface area (Å²) in [6, 6.07) is 4.18. The van der Waals surface area contributed by atoms with Crippen molar-refractivity contribution in [2.24, 2.45) is 0 Å². The van der Waals surface area contributed by atoms with Crippen molar-refractivity contribution in [2.45, 2.75) is 26.4 Å². The molecular weight excluding hydrogens is 386 g/mol. The van der Waals surface area contributed by atoms with Gasteiger partial charge in [-0.2, -0.15) is 0 Å². The summed E-state index contributed by atoms with van der Waals surface area (Å²) in [7, 11) is 1.29. The Morgan fingerprint density at radius 3 is 2.50 bits per heavy atom. The molecule has 0 amide bonds. The van der Waals surface area contributed by atoms with Crippen LogP contribution in [-0.2, 0) is 4.74 Å². The number of hydrogen-bond donors (Lipinski definition) is 1. The van der Waals surface area contributed by atoms with Crippen LogP contribution in [0.4, 0.5) is 14.9 Å². The van der Waals surface area contributed by atoms with E-state index in [0.29, 0.717) is 0 Å². The molecule has 1 aromatic heterocycles. The fourth-order valence-electron chi connectivity index (χ4n) is 2.00. The van der Waals surface area contributed by atoms with Crippen LogP contribution in [0.25, 0.3) is 11.3 Å². The molecule has 9 heteroatoms. The first-order chi connectivity index (χ1) is 12.0. The first-order valence-corrected chi connectivity index (χ1v) is 8.18. The van der Waals surface area contributed by atoms with Gasteiger partial charge in [-0.15, -0.1) is 0 Å². The Labute approximate surface area is 160 Å². The zero-order valence-corrected chi connectivity index (χ0v) is 16.0. The molecular formula is C17H17Cl2FN2O4. The van der Waals surface area contributed by atoms with Crippen LogP contribution in [0.3, 0.4) is 0 Å². The number of hydrogen-bond acceptors (Lipinski definition) is 6. The highest BCUT2D eigenvalue weighted by molar-refractivity contribution is 6.34. The quantitative estimate of drug-likeness (QED) is 0.718. The highest BCUT2D eigenvalue weighted by atomic mass is 35.5. The Hall–Kier alpha value is -2.25. The molecule has 0 unspecified atom stereocenters. The van der Waals surface area contributed by atoms with Gasteiger partial charge in [0.05, 0.1) is 23.5 Å². The van der Waals surface area contributed by atoms with Crippen molar-refractivity contribution >= 4 is 35.0 Å². The molecule has 0 aliphatic heterocycles. The highest BCUT2D eigenvalue weighted by Crippen LogP contribution is 2.38. The van der Waals surface area contributed by atoms with Crippen molar-refractivity contribution in [3.05, 3.63) is 34.1 Å². The van der Waals surface area contributed by atoms with Crippen LogP contribution in [0.1, 0.15) is 20.8 Å². The summed E-state index contributed by atoms with van der Waals surface area (Å²) in [6.45, 7) is 5.01. The molecule has 0 bridgehead atoms. The number of nitrogens with zero attached hydrogens (tertiary/aromatic N) is 1. The van der Waals surface area contributed by atoms with E-state index in [1.54, 1.807) is 20.8 Å². The van der Waals surface area contributed by atoms with E-state index < -0.39 is 17.6 Å². The molecule has 1 aromatic carbocycles. The van der Waals surface area contributed by atoms with E-state index >= 15 is 0 Å². The standard InChI is InChI=1S/C17H17Cl2FN2O4/c1-17(2,3)26-16(23)25-15-12(19)10(21)7-11(22-15)8-5-6-9(18)14(24-4)13(8)20/h5-7H,1-4H3,(H2,21,22). The molecule has 6 nitrogen and oxygen atoms in total. The van der Waals surface area contributed by atoms with E-state index in [4.69, 9.17) is 43.1 Å². The normalized spacial score (nSPS) is 11.2. The minimum absolute atomic E-state index is 0.0449. The summed E-state index contributed by atoms with van der Waals surface area (Å²) >= 11 is 11.9. The summed E-state index contributed by atoms with van der Waals surface area (Å²) in [5.74, 6) is -1.18. The average molecular weight is 403 g/mol. The Kier molecular flexibility index (Phi) is 5.83. The summed E-state index contributed by atoms with van der Waals surface area (Å²) in [6.07, 6.45) is -1.02. The molecule has 0 radical (unpaired) electrons. The summed E-state index contributed by atoms with van der Waals surface area (Å²) in [4.78, 5) is 15.9. The van der Waals surface area contributed by atoms with Gasteiger partial charge in [-0.1, -0.05) is 23.2 Å². The number of halogens is 3. The van der Waals surface area contributed by atoms with Crippen molar-refractivity contribution < 1.29 is 23.4 Å². The number of pyridine rings is 1. The Morgan fingerprint density at radius 1 is 1.27 bits per heavy atom. The second-order valence-corrected chi connectivity index (χ2v) is 7.01. The number of anilines is 1. The lowest BCUT2D eigenvalue weighted by Gasteiger charge is -2.19. The van der Waals surface area contributed by atoms with Gasteiger partial charge in [0.2, 0.25) is 5.88 Å². The molecule has 1 heterocycles. The number of aromatic nitrogens is 1. The third-order valence-corrected chi connectivity index (χ3v) is 3.73. The van der Waals surface area contributed by atoms with Crippen molar-refractivity contribution in [1.29, 1.82) is 0 Å². The lowest BCUT2D eigenvalue weighted by Crippen LogP contribution is -2.26. The smallest absolute Gasteiger partial charge is 0.492 e. The van der Waals surface area contributed by atoms with Crippen LogP contribution in [0.5, 0.6) is 11.6 Å². The lowest BCUT2D eigenvalue weighted by atomic mass is 10.1. The first kappa shape index (κ1) is 20.1. The van der Waals surface area contributed by atoms with Gasteiger partial charge in [-0.3, -0.25) is 0 Å². The van der Waals surface area contributed by atoms with E-state index in [0.717, 1.165) is 0 Å². The summed E-state index contributed by atoms with van der Waals surface area (Å²) in [5, 5.41) is 0.00172. The van der Waals surface area contributed by atoms with Gasteiger partial charge in [0.15, 0.2) is 11.6 Å². The van der Waals surface area contributed by atoms with Gasteiger partial charge >= 0.3 is 6.16 Å². The van der Waals surface area contributed by atoms with Crippen molar-refractivity contribution in [2.75, 3.05) is 12.8 Å². The monoisotopic (exact) mass is 402 g/mol. The zero-order chi connectivity index (χ0) is 19.6. The molecule has 0 aliphatic carbocycles. The SMILES string of the molecule is COc1c(Cl)ccc(-c2cc(N)c(Cl)c(OC(=O)OC(C)(C)C)n2)c1F. The molecule has 0 aliphatic rings. The van der Waals surface area contributed by atoms with Gasteiger partial charge in [0.25, 0.3) is 0 Å². The number of carbonyl (C=O) groups excluding carboxylic acids is 1. The molecule has 0 atom stereocenters. The van der Waals surface area contributed by atoms with Crippen LogP contribution < -0.4 is 15.2 Å². The average Bonchev–Trinajstić information content (AvgIpc) is 2.50. The fourth-order valence-corrected chi connectivity index (χ4v) is 2.36. The number of nitrogen functional groups attached to an aromatic ring is 1. The predicted octanol–water partition coefficient (Wildman–Crippen LogP) is 5.10. The predicted molar refractivity (Wildman–Crippen MR) is 97.5 cm³/mol. The molecule has 0 fully saturated rings. The fraction of sp³-hybridized carbons (Fsp3) is 0.294. The number of benzene rings is 1. The number of carbonyl (C=O) groups is 1. The van der Waals surface area contributed by atoms with Gasteiger partial charge in [-0.05, 0) is 39.0 Å². The molecule has 0 spiro atoms. The molecule has 0 saturated carbocycles. The second-order valence-electron chi connectivity index (χ2n) is 6.22. The first-order valence-electron chi connectivity index (χ1n) is 7.42. The van der Waals surface area contributed by atoms with Crippen LogP contribution >= 0.6 is 23.2 Å². The van der Waals surface area contributed by atoms with Gasteiger partial charge in [0.1, 0.15) is 10.6 Å². The van der Waals surface area contributed by atoms with Crippen LogP contribution in [-0.4, -0.2) is 23.9 Å². The maximum atomic E-state index is 14.6. The molecule has 2 rings (SSSR count). The zero-order valence-electron chi connectivity index (χ0n) is 14.5. The number of methoxy groups -OCH3 is 1. The lowest BCUT2D eigenvalue weighted by molar-refractivity contribution is 0.0198. The number of nitrogens with two attached hydrogens (primary N) is 1. The summed E-state index contributed by atoms with van der Waals surface area (Å²) in [5.41, 5.74) is 5.22. The topological polar surface area (TPSA) is 83.7 Å². The van der Waals surface area contributed by atoms with E-state index in [-0.39, 0.29) is 38.6 Å². The largest absolute Gasteiger partial charge is 0.515 e. The maximum absolute atomic E-state index is 14.6. The molecule has 140 valence electrons. The van der Waals surface area contributed by atoms with E-state index in [2.05, 4.69) is 4.98 Å². The Bertz CT molecular complexity index is 854. The van der Waals surface area contributed by atoms with Gasteiger partial charge < -0.3 is 19.9 Å². The molecule has 26 heavy (non-hydrogen) atoms. The van der Waals surface area contributed by atoms with E-state index in [1.807, 2.05) is 0 Å². The van der Waals surface area contributed by atoms with Crippen molar-refractivity contribution in [1.82, 2.24) is 4.98 Å². The minimum Gasteiger partial charge on any atom is -0.492 e. The maximum Gasteiger partial charge on any atom is 0.515 e. The van der Waals surface area contributed by atoms with Gasteiger partial charge in [-0.25, -0.2) is 14.2 Å². The molecule has 0 saturated heterocycles. The third-order valence-electron chi connectivity index (χ3n) is 3.05.